The summed E-state index contributed by atoms with van der Waals surface area (Å²) in [5.41, 5.74) is 1.07. The van der Waals surface area contributed by atoms with Crippen molar-refractivity contribution in [2.24, 2.45) is 0 Å². The fourth-order valence-corrected chi connectivity index (χ4v) is 2.60. The van der Waals surface area contributed by atoms with Crippen LogP contribution in [0.15, 0.2) is 42.2 Å². The average molecular weight is 346 g/mol. The van der Waals surface area contributed by atoms with Crippen LogP contribution in [0.25, 0.3) is 6.08 Å². The van der Waals surface area contributed by atoms with Crippen LogP contribution in [0.1, 0.15) is 15.9 Å². The Morgan fingerprint density at radius 1 is 1.22 bits per heavy atom. The van der Waals surface area contributed by atoms with Crippen LogP contribution in [0, 0.1) is 11.3 Å². The van der Waals surface area contributed by atoms with E-state index >= 15 is 0 Å². The minimum absolute atomic E-state index is 0.0736. The third-order valence-electron chi connectivity index (χ3n) is 3.19. The van der Waals surface area contributed by atoms with Gasteiger partial charge >= 0.3 is 0 Å². The van der Waals surface area contributed by atoms with Crippen molar-refractivity contribution >= 4 is 35.1 Å². The average Bonchev–Trinajstić information content (AvgIpc) is 2.84. The summed E-state index contributed by atoms with van der Waals surface area (Å²) in [6.07, 6.45) is 1.57. The summed E-state index contributed by atoms with van der Waals surface area (Å²) in [7, 11) is 0. The first-order chi connectivity index (χ1) is 11.1. The molecule has 2 aromatic rings. The lowest BCUT2D eigenvalue weighted by atomic mass is 10.1. The second-order valence-corrected chi connectivity index (χ2v) is 5.55. The molecule has 2 aromatic carbocycles. The summed E-state index contributed by atoms with van der Waals surface area (Å²) in [6, 6.07) is 11.7. The number of carbonyl (C=O) groups is 1. The quantitative estimate of drug-likeness (QED) is 0.767. The van der Waals surface area contributed by atoms with Crippen molar-refractivity contribution in [1.82, 2.24) is 0 Å². The summed E-state index contributed by atoms with van der Waals surface area (Å²) in [4.78, 5) is 12.3. The monoisotopic (exact) mass is 345 g/mol. The number of ketones is 1. The van der Waals surface area contributed by atoms with Crippen molar-refractivity contribution in [1.29, 1.82) is 5.26 Å². The predicted molar refractivity (Wildman–Crippen MR) is 86.9 cm³/mol. The number of halogens is 2. The molecule has 0 atom stereocenters. The molecule has 0 saturated carbocycles. The van der Waals surface area contributed by atoms with Crippen molar-refractivity contribution in [2.45, 2.75) is 0 Å². The van der Waals surface area contributed by atoms with Gasteiger partial charge in [-0.25, -0.2) is 0 Å². The van der Waals surface area contributed by atoms with E-state index in [0.29, 0.717) is 32.7 Å². The van der Waals surface area contributed by atoms with E-state index in [1.807, 2.05) is 6.07 Å². The Labute approximate surface area is 142 Å². The highest BCUT2D eigenvalue weighted by Gasteiger charge is 2.27. The smallest absolute Gasteiger partial charge is 0.231 e. The van der Waals surface area contributed by atoms with Gasteiger partial charge in [0.2, 0.25) is 5.78 Å². The first-order valence-electron chi connectivity index (χ1n) is 6.61. The maximum Gasteiger partial charge on any atom is 0.231 e. The van der Waals surface area contributed by atoms with Gasteiger partial charge in [0.1, 0.15) is 17.6 Å². The van der Waals surface area contributed by atoms with Crippen molar-refractivity contribution in [3.05, 3.63) is 63.3 Å². The fourth-order valence-electron chi connectivity index (χ4n) is 2.13. The van der Waals surface area contributed by atoms with Crippen LogP contribution in [0.2, 0.25) is 10.0 Å². The molecule has 0 fully saturated rings. The lowest BCUT2D eigenvalue weighted by Gasteiger charge is -2.03. The topological polar surface area (TPSA) is 59.3 Å². The second kappa shape index (κ2) is 6.33. The standard InChI is InChI=1S/C17H9Cl2NO3/c18-11-2-1-10(14(19)8-11)7-16-17(21)13-4-3-12(22-6-5-20)9-15(13)23-16/h1-4,7-9H,6H2. The molecule has 0 bridgehead atoms. The maximum atomic E-state index is 12.3. The lowest BCUT2D eigenvalue weighted by Crippen LogP contribution is -1.98. The molecule has 0 unspecified atom stereocenters. The van der Waals surface area contributed by atoms with Crippen molar-refractivity contribution in [3.8, 4) is 17.6 Å². The van der Waals surface area contributed by atoms with E-state index in [9.17, 15) is 4.79 Å². The Morgan fingerprint density at radius 3 is 2.78 bits per heavy atom. The lowest BCUT2D eigenvalue weighted by molar-refractivity contribution is 0.101. The minimum atomic E-state index is -0.238. The van der Waals surface area contributed by atoms with Crippen LogP contribution in [-0.4, -0.2) is 12.4 Å². The molecule has 1 aliphatic heterocycles. The Kier molecular flexibility index (Phi) is 4.24. The van der Waals surface area contributed by atoms with Gasteiger partial charge in [-0.15, -0.1) is 0 Å². The van der Waals surface area contributed by atoms with E-state index in [1.54, 1.807) is 42.5 Å². The summed E-state index contributed by atoms with van der Waals surface area (Å²) >= 11 is 12.0. The number of ether oxygens (including phenoxy) is 2. The van der Waals surface area contributed by atoms with Gasteiger partial charge in [0.05, 0.1) is 5.56 Å². The molecule has 6 heteroatoms. The zero-order chi connectivity index (χ0) is 16.4. The van der Waals surface area contributed by atoms with Crippen LogP contribution in [0.5, 0.6) is 11.5 Å². The molecule has 0 N–H and O–H groups in total. The number of fused-ring (bicyclic) bond motifs is 1. The van der Waals surface area contributed by atoms with Crippen molar-refractivity contribution in [2.75, 3.05) is 6.61 Å². The van der Waals surface area contributed by atoms with Crippen molar-refractivity contribution < 1.29 is 14.3 Å². The number of rotatable bonds is 3. The molecule has 114 valence electrons. The minimum Gasteiger partial charge on any atom is -0.479 e. The maximum absolute atomic E-state index is 12.3. The molecule has 4 nitrogen and oxygen atoms in total. The molecule has 1 heterocycles. The molecule has 0 spiro atoms. The van der Waals surface area contributed by atoms with Gasteiger partial charge in [-0.05, 0) is 35.9 Å². The molecule has 0 amide bonds. The van der Waals surface area contributed by atoms with E-state index in [2.05, 4.69) is 0 Å². The number of Topliss-reactive ketones (excluding diaryl/α,β-unsaturated/α-hetero) is 1. The zero-order valence-corrected chi connectivity index (χ0v) is 13.2. The Morgan fingerprint density at radius 2 is 2.04 bits per heavy atom. The number of carbonyl (C=O) groups excluding carboxylic acids is 1. The SMILES string of the molecule is N#CCOc1ccc2c(c1)OC(=Cc1ccc(Cl)cc1Cl)C2=O. The van der Waals surface area contributed by atoms with Crippen LogP contribution in [0.3, 0.4) is 0 Å². The molecule has 3 rings (SSSR count). The number of nitrogens with zero attached hydrogens (tertiary/aromatic N) is 1. The molecule has 1 aliphatic rings. The van der Waals surface area contributed by atoms with Crippen molar-refractivity contribution in [3.63, 3.8) is 0 Å². The Hall–Kier alpha value is -2.48. The molecule has 0 radical (unpaired) electrons. The highest BCUT2D eigenvalue weighted by Crippen LogP contribution is 2.35. The van der Waals surface area contributed by atoms with E-state index < -0.39 is 0 Å². The normalized spacial score (nSPS) is 14.3. The van der Waals surface area contributed by atoms with Gasteiger partial charge in [-0.3, -0.25) is 4.79 Å². The van der Waals surface area contributed by atoms with Crippen LogP contribution < -0.4 is 9.47 Å². The number of hydrogen-bond donors (Lipinski definition) is 0. The molecule has 0 aliphatic carbocycles. The highest BCUT2D eigenvalue weighted by atomic mass is 35.5. The van der Waals surface area contributed by atoms with E-state index in [4.69, 9.17) is 37.9 Å². The highest BCUT2D eigenvalue weighted by molar-refractivity contribution is 6.35. The van der Waals surface area contributed by atoms with E-state index in [-0.39, 0.29) is 18.1 Å². The van der Waals surface area contributed by atoms with Crippen LogP contribution in [-0.2, 0) is 0 Å². The van der Waals surface area contributed by atoms with E-state index in [0.717, 1.165) is 0 Å². The van der Waals surface area contributed by atoms with Gasteiger partial charge in [0.15, 0.2) is 12.4 Å². The number of allylic oxidation sites excluding steroid dienone is 1. The summed E-state index contributed by atoms with van der Waals surface area (Å²) < 4.78 is 10.8. The van der Waals surface area contributed by atoms with Crippen LogP contribution in [0.4, 0.5) is 0 Å². The molecule has 23 heavy (non-hydrogen) atoms. The first-order valence-corrected chi connectivity index (χ1v) is 7.37. The van der Waals surface area contributed by atoms with Gasteiger partial charge in [-0.2, -0.15) is 5.26 Å². The fraction of sp³-hybridized carbons (Fsp3) is 0.0588. The third kappa shape index (κ3) is 3.16. The largest absolute Gasteiger partial charge is 0.479 e. The van der Waals surface area contributed by atoms with Crippen LogP contribution >= 0.6 is 23.2 Å². The second-order valence-electron chi connectivity index (χ2n) is 4.71. The summed E-state index contributed by atoms with van der Waals surface area (Å²) in [5.74, 6) is 0.783. The third-order valence-corrected chi connectivity index (χ3v) is 3.76. The van der Waals surface area contributed by atoms with Gasteiger partial charge in [-0.1, -0.05) is 29.3 Å². The molecular formula is C17H9Cl2NO3. The summed E-state index contributed by atoms with van der Waals surface area (Å²) in [5, 5.41) is 9.46. The van der Waals surface area contributed by atoms with E-state index in [1.165, 1.54) is 0 Å². The molecular weight excluding hydrogens is 337 g/mol. The van der Waals surface area contributed by atoms with Gasteiger partial charge < -0.3 is 9.47 Å². The Balaban J connectivity index is 1.91. The predicted octanol–water partition coefficient (Wildman–Crippen LogP) is 4.51. The number of nitriles is 1. The first kappa shape index (κ1) is 15.4. The van der Waals surface area contributed by atoms with Gasteiger partial charge in [0.25, 0.3) is 0 Å². The summed E-state index contributed by atoms with van der Waals surface area (Å²) in [6.45, 7) is -0.0736. The molecule has 0 aromatic heterocycles. The zero-order valence-electron chi connectivity index (χ0n) is 11.7. The molecule has 0 saturated heterocycles. The number of benzene rings is 2. The Bertz CT molecular complexity index is 869. The van der Waals surface area contributed by atoms with Gasteiger partial charge in [0, 0.05) is 16.1 Å². The number of hydrogen-bond acceptors (Lipinski definition) is 4.